The molecule has 0 unspecified atom stereocenters. The van der Waals surface area contributed by atoms with Gasteiger partial charge in [-0.2, -0.15) is 4.98 Å². The number of carbonyl (C=O) groups excluding carboxylic acids is 1. The van der Waals surface area contributed by atoms with Crippen molar-refractivity contribution in [3.63, 3.8) is 0 Å². The molecule has 8 nitrogen and oxygen atoms in total. The molecule has 3 heterocycles. The number of nitrogen functional groups attached to an aromatic ring is 1. The first-order valence-electron chi connectivity index (χ1n) is 7.44. The zero-order valence-corrected chi connectivity index (χ0v) is 15.1. The van der Waals surface area contributed by atoms with Crippen molar-refractivity contribution in [3.8, 4) is 16.9 Å². The third-order valence-corrected chi connectivity index (χ3v) is 5.69. The molecule has 0 saturated carbocycles. The Balaban J connectivity index is 2.05. The first kappa shape index (κ1) is 16.8. The Labute approximate surface area is 155 Å². The van der Waals surface area contributed by atoms with Gasteiger partial charge in [-0.3, -0.25) is 10.2 Å². The van der Waals surface area contributed by atoms with E-state index in [4.69, 9.17) is 15.0 Å². The second kappa shape index (κ2) is 6.56. The van der Waals surface area contributed by atoms with Gasteiger partial charge in [0, 0.05) is 5.56 Å². The molecule has 132 valence electrons. The van der Waals surface area contributed by atoms with Crippen LogP contribution in [0.25, 0.3) is 21.5 Å². The summed E-state index contributed by atoms with van der Waals surface area (Å²) in [6.07, 6.45) is 0. The molecule has 0 radical (unpaired) electrons. The largest absolute Gasteiger partial charge is 0.497 e. The van der Waals surface area contributed by atoms with Gasteiger partial charge < -0.3 is 9.15 Å². The number of hydrogen-bond acceptors (Lipinski definition) is 9. The summed E-state index contributed by atoms with van der Waals surface area (Å²) in [6.45, 7) is 0. The van der Waals surface area contributed by atoms with Crippen molar-refractivity contribution in [2.75, 3.05) is 18.3 Å². The van der Waals surface area contributed by atoms with E-state index in [2.05, 4.69) is 15.4 Å². The van der Waals surface area contributed by atoms with Crippen LogP contribution in [0.3, 0.4) is 0 Å². The molecule has 2 aromatic heterocycles. The molecule has 0 bridgehead atoms. The van der Waals surface area contributed by atoms with E-state index in [0.717, 1.165) is 5.56 Å². The lowest BCUT2D eigenvalue weighted by molar-refractivity contribution is -0.115. The number of aliphatic imine (C=N–C) groups is 1. The topological polar surface area (TPSA) is 120 Å². The monoisotopic (exact) mass is 388 g/mol. The van der Waals surface area contributed by atoms with Gasteiger partial charge in [0.25, 0.3) is 5.91 Å². The Hall–Kier alpha value is -2.69. The molecule has 3 N–H and O–H groups in total. The van der Waals surface area contributed by atoms with Crippen LogP contribution in [-0.2, 0) is 4.79 Å². The van der Waals surface area contributed by atoms with Gasteiger partial charge >= 0.3 is 5.63 Å². The normalized spacial score (nSPS) is 13.9. The van der Waals surface area contributed by atoms with Gasteiger partial charge in [-0.15, -0.1) is 0 Å². The lowest BCUT2D eigenvalue weighted by Crippen LogP contribution is -2.13. The lowest BCUT2D eigenvalue weighted by atomic mass is 10.0. The van der Waals surface area contributed by atoms with Crippen molar-refractivity contribution in [1.82, 2.24) is 4.98 Å². The van der Waals surface area contributed by atoms with Crippen LogP contribution < -0.4 is 21.6 Å². The molecule has 1 aromatic carbocycles. The highest BCUT2D eigenvalue weighted by Gasteiger charge is 2.27. The number of nitrogens with zero attached hydrogens (tertiary/aromatic N) is 2. The van der Waals surface area contributed by atoms with Crippen molar-refractivity contribution >= 4 is 49.6 Å². The number of fused-ring (bicyclic) bond motifs is 1. The zero-order chi connectivity index (χ0) is 18.3. The lowest BCUT2D eigenvalue weighted by Gasteiger charge is -2.09. The van der Waals surface area contributed by atoms with E-state index in [0.29, 0.717) is 26.2 Å². The molecule has 3 aromatic rings. The third kappa shape index (κ3) is 2.77. The van der Waals surface area contributed by atoms with Gasteiger partial charge in [-0.1, -0.05) is 35.2 Å². The first-order chi connectivity index (χ1) is 12.6. The predicted molar refractivity (Wildman–Crippen MR) is 102 cm³/mol. The summed E-state index contributed by atoms with van der Waals surface area (Å²) < 4.78 is 11.2. The summed E-state index contributed by atoms with van der Waals surface area (Å²) in [5, 5.41) is 0.763. The van der Waals surface area contributed by atoms with Crippen LogP contribution in [0, 0.1) is 0 Å². The van der Waals surface area contributed by atoms with E-state index >= 15 is 0 Å². The van der Waals surface area contributed by atoms with E-state index in [1.165, 1.54) is 23.1 Å². The fourth-order valence-corrected chi connectivity index (χ4v) is 4.31. The highest BCUT2D eigenvalue weighted by Crippen LogP contribution is 2.38. The van der Waals surface area contributed by atoms with Gasteiger partial charge in [0.05, 0.1) is 12.9 Å². The zero-order valence-electron chi connectivity index (χ0n) is 13.4. The van der Waals surface area contributed by atoms with Crippen LogP contribution in [-0.4, -0.2) is 28.8 Å². The number of amides is 1. The van der Waals surface area contributed by atoms with Crippen molar-refractivity contribution in [1.29, 1.82) is 0 Å². The number of hydrogen-bond donors (Lipinski definition) is 2. The highest BCUT2D eigenvalue weighted by atomic mass is 32.2. The maximum Gasteiger partial charge on any atom is 0.348 e. The Kier molecular flexibility index (Phi) is 4.23. The molecular formula is C16H12N4O4S2. The van der Waals surface area contributed by atoms with E-state index in [9.17, 15) is 9.59 Å². The smallest absolute Gasteiger partial charge is 0.348 e. The van der Waals surface area contributed by atoms with Crippen LogP contribution in [0.15, 0.2) is 38.5 Å². The number of thiazole rings is 1. The number of ether oxygens (including phenoxy) is 1. The van der Waals surface area contributed by atoms with E-state index in [1.807, 2.05) is 12.1 Å². The van der Waals surface area contributed by atoms with Gasteiger partial charge in [-0.25, -0.2) is 15.6 Å². The number of hydrazine groups is 1. The van der Waals surface area contributed by atoms with Crippen LogP contribution in [0.4, 0.5) is 5.13 Å². The van der Waals surface area contributed by atoms with Gasteiger partial charge in [0.2, 0.25) is 10.8 Å². The number of methoxy groups -OCH3 is 1. The number of rotatable bonds is 4. The molecule has 1 aliphatic heterocycles. The van der Waals surface area contributed by atoms with Crippen LogP contribution in [0.1, 0.15) is 5.56 Å². The molecule has 0 saturated heterocycles. The summed E-state index contributed by atoms with van der Waals surface area (Å²) in [7, 11) is 1.58. The standard InChI is InChI=1S/C16H12N4O4S2/c1-23-8-4-2-7(3-5-8)10-11(14-18-9(21)6-25-14)15(22)24-13-12(10)26-16(19-13)20-17/h2-5H,6,17H2,1H3,(H,19,20). The molecule has 10 heteroatoms. The fraction of sp³-hybridized carbons (Fsp3) is 0.125. The molecule has 0 fully saturated rings. The van der Waals surface area contributed by atoms with Gasteiger partial charge in [-0.05, 0) is 17.7 Å². The number of nitrogens with two attached hydrogens (primary N) is 1. The van der Waals surface area contributed by atoms with Gasteiger partial charge in [0.15, 0.2) is 0 Å². The second-order valence-electron chi connectivity index (χ2n) is 5.27. The summed E-state index contributed by atoms with van der Waals surface area (Å²) >= 11 is 2.47. The van der Waals surface area contributed by atoms with Crippen molar-refractivity contribution in [2.45, 2.75) is 0 Å². The molecule has 26 heavy (non-hydrogen) atoms. The molecule has 0 spiro atoms. The quantitative estimate of drug-likeness (QED) is 0.516. The van der Waals surface area contributed by atoms with Crippen molar-refractivity contribution < 1.29 is 13.9 Å². The second-order valence-corrected chi connectivity index (χ2v) is 7.23. The van der Waals surface area contributed by atoms with Crippen molar-refractivity contribution in [3.05, 3.63) is 40.2 Å². The number of anilines is 1. The molecule has 1 amide bonds. The fourth-order valence-electron chi connectivity index (χ4n) is 2.61. The third-order valence-electron chi connectivity index (χ3n) is 3.74. The van der Waals surface area contributed by atoms with Crippen LogP contribution >= 0.6 is 23.1 Å². The number of thioether (sulfide) groups is 1. The van der Waals surface area contributed by atoms with E-state index < -0.39 is 5.63 Å². The number of benzene rings is 1. The average molecular weight is 388 g/mol. The number of carbonyl (C=O) groups is 1. The van der Waals surface area contributed by atoms with Crippen LogP contribution in [0.5, 0.6) is 5.75 Å². The van der Waals surface area contributed by atoms with Gasteiger partial charge in [0.1, 0.15) is 21.1 Å². The van der Waals surface area contributed by atoms with Crippen molar-refractivity contribution in [2.24, 2.45) is 10.8 Å². The highest BCUT2D eigenvalue weighted by molar-refractivity contribution is 8.15. The summed E-state index contributed by atoms with van der Waals surface area (Å²) in [5.74, 6) is 6.05. The Morgan fingerprint density at radius 1 is 1.23 bits per heavy atom. The van der Waals surface area contributed by atoms with E-state index in [-0.39, 0.29) is 22.9 Å². The number of aromatic nitrogens is 1. The molecule has 0 atom stereocenters. The Morgan fingerprint density at radius 3 is 2.62 bits per heavy atom. The summed E-state index contributed by atoms with van der Waals surface area (Å²) in [6, 6.07) is 7.23. The minimum absolute atomic E-state index is 0.178. The Morgan fingerprint density at radius 2 is 2.00 bits per heavy atom. The Bertz CT molecular complexity index is 1100. The summed E-state index contributed by atoms with van der Waals surface area (Å²) in [4.78, 5) is 32.4. The average Bonchev–Trinajstić information content (AvgIpc) is 3.26. The maximum absolute atomic E-state index is 12.7. The SMILES string of the molecule is COc1ccc(-c2c(C3=NC(=O)CS3)c(=O)oc3nc(NN)sc23)cc1. The molecule has 1 aliphatic rings. The maximum atomic E-state index is 12.7. The first-order valence-corrected chi connectivity index (χ1v) is 9.24. The molecule has 0 aliphatic carbocycles. The minimum atomic E-state index is -0.599. The molecular weight excluding hydrogens is 376 g/mol. The summed E-state index contributed by atoms with van der Waals surface area (Å²) in [5.41, 5.74) is 3.67. The van der Waals surface area contributed by atoms with E-state index in [1.54, 1.807) is 19.2 Å². The van der Waals surface area contributed by atoms with Crippen LogP contribution in [0.2, 0.25) is 0 Å². The minimum Gasteiger partial charge on any atom is -0.497 e. The predicted octanol–water partition coefficient (Wildman–Crippen LogP) is 2.23. The number of nitrogens with one attached hydrogen (secondary N) is 1. The molecule has 4 rings (SSSR count).